The molecule has 1 atom stereocenters. The summed E-state index contributed by atoms with van der Waals surface area (Å²) in [4.78, 5) is 23.9. The summed E-state index contributed by atoms with van der Waals surface area (Å²) in [6.45, 7) is 1.60. The number of carbonyl (C=O) groups excluding carboxylic acids is 2. The van der Waals surface area contributed by atoms with Crippen molar-refractivity contribution in [2.24, 2.45) is 0 Å². The lowest BCUT2D eigenvalue weighted by atomic mass is 10.1. The van der Waals surface area contributed by atoms with Crippen molar-refractivity contribution in [3.8, 4) is 5.75 Å². The molecule has 0 saturated heterocycles. The van der Waals surface area contributed by atoms with Gasteiger partial charge in [-0.2, -0.15) is 0 Å². The first-order chi connectivity index (χ1) is 12.0. The minimum Gasteiger partial charge on any atom is -0.481 e. The van der Waals surface area contributed by atoms with Gasteiger partial charge in [-0.05, 0) is 57.9 Å². The van der Waals surface area contributed by atoms with E-state index in [1.165, 1.54) is 6.07 Å². The lowest BCUT2D eigenvalue weighted by molar-refractivity contribution is -0.128. The molecule has 0 spiro atoms. The van der Waals surface area contributed by atoms with E-state index in [4.69, 9.17) is 9.15 Å². The van der Waals surface area contributed by atoms with Crippen LogP contribution in [0, 0.1) is 0 Å². The van der Waals surface area contributed by atoms with Crippen LogP contribution in [0.3, 0.4) is 0 Å². The van der Waals surface area contributed by atoms with Crippen LogP contribution in [0.15, 0.2) is 63.7 Å². The van der Waals surface area contributed by atoms with Crippen molar-refractivity contribution in [2.45, 2.75) is 13.0 Å². The number of hydrazine groups is 1. The van der Waals surface area contributed by atoms with Gasteiger partial charge in [0.25, 0.3) is 5.91 Å². The minimum atomic E-state index is -0.787. The molecular weight excluding hydrogens is 388 g/mol. The Morgan fingerprint density at radius 3 is 2.52 bits per heavy atom. The summed E-state index contributed by atoms with van der Waals surface area (Å²) in [5, 5.41) is 2.10. The van der Waals surface area contributed by atoms with Crippen molar-refractivity contribution < 1.29 is 18.7 Å². The summed E-state index contributed by atoms with van der Waals surface area (Å²) in [7, 11) is 0. The Balaban J connectivity index is 1.57. The van der Waals surface area contributed by atoms with Gasteiger partial charge in [0, 0.05) is 0 Å². The largest absolute Gasteiger partial charge is 0.481 e. The highest BCUT2D eigenvalue weighted by atomic mass is 79.9. The molecule has 128 valence electrons. The van der Waals surface area contributed by atoms with Crippen molar-refractivity contribution in [3.63, 3.8) is 0 Å². The molecule has 0 aliphatic carbocycles. The number of amides is 2. The Bertz CT molecular complexity index is 922. The zero-order valence-corrected chi connectivity index (χ0v) is 14.9. The van der Waals surface area contributed by atoms with E-state index in [0.717, 1.165) is 10.8 Å². The molecule has 3 aromatic rings. The second kappa shape index (κ2) is 7.40. The molecule has 2 amide bonds. The van der Waals surface area contributed by atoms with Crippen molar-refractivity contribution in [1.29, 1.82) is 0 Å². The predicted octanol–water partition coefficient (Wildman–Crippen LogP) is 3.42. The van der Waals surface area contributed by atoms with Crippen molar-refractivity contribution in [2.75, 3.05) is 0 Å². The van der Waals surface area contributed by atoms with Crippen LogP contribution in [0.25, 0.3) is 10.8 Å². The van der Waals surface area contributed by atoms with Crippen LogP contribution in [0.4, 0.5) is 0 Å². The molecular formula is C18H15BrN2O4. The number of hydrogen-bond acceptors (Lipinski definition) is 4. The second-order valence-corrected chi connectivity index (χ2v) is 6.10. The molecule has 6 nitrogen and oxygen atoms in total. The lowest BCUT2D eigenvalue weighted by Crippen LogP contribution is -2.47. The molecule has 0 saturated carbocycles. The Labute approximate surface area is 152 Å². The van der Waals surface area contributed by atoms with Crippen LogP contribution in [0.5, 0.6) is 5.75 Å². The third-order valence-electron chi connectivity index (χ3n) is 3.50. The van der Waals surface area contributed by atoms with Gasteiger partial charge in [-0.15, -0.1) is 0 Å². The molecule has 7 heteroatoms. The molecule has 0 aliphatic heterocycles. The third kappa shape index (κ3) is 4.19. The van der Waals surface area contributed by atoms with Gasteiger partial charge in [-0.3, -0.25) is 20.4 Å². The Kier molecular flexibility index (Phi) is 5.04. The number of carbonyl (C=O) groups is 2. The monoisotopic (exact) mass is 402 g/mol. The highest BCUT2D eigenvalue weighted by Gasteiger charge is 2.17. The van der Waals surface area contributed by atoms with E-state index in [1.54, 1.807) is 19.1 Å². The van der Waals surface area contributed by atoms with Crippen LogP contribution in [-0.2, 0) is 4.79 Å². The fourth-order valence-corrected chi connectivity index (χ4v) is 2.52. The maximum Gasteiger partial charge on any atom is 0.305 e. The summed E-state index contributed by atoms with van der Waals surface area (Å²) < 4.78 is 11.2. The van der Waals surface area contributed by atoms with E-state index in [0.29, 0.717) is 10.4 Å². The van der Waals surface area contributed by atoms with Crippen LogP contribution >= 0.6 is 15.9 Å². The van der Waals surface area contributed by atoms with Gasteiger partial charge in [-0.1, -0.05) is 30.3 Å². The van der Waals surface area contributed by atoms with E-state index in [-0.39, 0.29) is 5.76 Å². The van der Waals surface area contributed by atoms with Gasteiger partial charge >= 0.3 is 5.91 Å². The van der Waals surface area contributed by atoms with Crippen molar-refractivity contribution in [3.05, 3.63) is 65.0 Å². The summed E-state index contributed by atoms with van der Waals surface area (Å²) in [5.41, 5.74) is 4.58. The molecule has 0 fully saturated rings. The number of halogens is 1. The number of furan rings is 1. The van der Waals surface area contributed by atoms with Crippen LogP contribution in [0.2, 0.25) is 0 Å². The molecule has 0 bridgehead atoms. The van der Waals surface area contributed by atoms with E-state index in [9.17, 15) is 9.59 Å². The van der Waals surface area contributed by atoms with E-state index >= 15 is 0 Å². The van der Waals surface area contributed by atoms with E-state index in [1.807, 2.05) is 36.4 Å². The number of rotatable bonds is 4. The fraction of sp³-hybridized carbons (Fsp3) is 0.111. The zero-order chi connectivity index (χ0) is 17.8. The highest BCUT2D eigenvalue weighted by Crippen LogP contribution is 2.21. The lowest BCUT2D eigenvalue weighted by Gasteiger charge is -2.15. The molecule has 2 aromatic carbocycles. The highest BCUT2D eigenvalue weighted by molar-refractivity contribution is 9.10. The molecule has 25 heavy (non-hydrogen) atoms. The van der Waals surface area contributed by atoms with Crippen molar-refractivity contribution in [1.82, 2.24) is 10.9 Å². The van der Waals surface area contributed by atoms with Gasteiger partial charge in [0.05, 0.1) is 0 Å². The summed E-state index contributed by atoms with van der Waals surface area (Å²) >= 11 is 3.10. The summed E-state index contributed by atoms with van der Waals surface area (Å²) in [5.74, 6) is -0.387. The van der Waals surface area contributed by atoms with Crippen molar-refractivity contribution >= 4 is 38.5 Å². The molecule has 0 radical (unpaired) electrons. The first-order valence-electron chi connectivity index (χ1n) is 7.54. The van der Waals surface area contributed by atoms with Gasteiger partial charge in [-0.25, -0.2) is 0 Å². The second-order valence-electron chi connectivity index (χ2n) is 5.32. The smallest absolute Gasteiger partial charge is 0.305 e. The number of hydrogen-bond donors (Lipinski definition) is 2. The van der Waals surface area contributed by atoms with Gasteiger partial charge in [0.1, 0.15) is 5.75 Å². The Morgan fingerprint density at radius 2 is 1.80 bits per heavy atom. The molecule has 1 aromatic heterocycles. The van der Waals surface area contributed by atoms with Crippen LogP contribution in [-0.4, -0.2) is 17.9 Å². The average molecular weight is 403 g/mol. The van der Waals surface area contributed by atoms with E-state index < -0.39 is 17.9 Å². The number of fused-ring (bicyclic) bond motifs is 1. The quantitative estimate of drug-likeness (QED) is 0.655. The predicted molar refractivity (Wildman–Crippen MR) is 96.1 cm³/mol. The Hall–Kier alpha value is -2.80. The standard InChI is InChI=1S/C18H15BrN2O4/c1-11(17(22)20-21-18(23)15-8-9-16(19)25-15)24-14-7-6-12-4-2-3-5-13(12)10-14/h2-11H,1H3,(H,20,22)(H,21,23)/t11-/m0/s1. The zero-order valence-electron chi connectivity index (χ0n) is 13.3. The normalized spacial score (nSPS) is 11.8. The number of nitrogens with one attached hydrogen (secondary N) is 2. The third-order valence-corrected chi connectivity index (χ3v) is 3.93. The molecule has 0 unspecified atom stereocenters. The number of benzene rings is 2. The summed E-state index contributed by atoms with van der Waals surface area (Å²) in [6.07, 6.45) is -0.787. The van der Waals surface area contributed by atoms with Gasteiger partial charge in [0.2, 0.25) is 0 Å². The molecule has 0 aliphatic rings. The van der Waals surface area contributed by atoms with Gasteiger partial charge in [0.15, 0.2) is 16.5 Å². The van der Waals surface area contributed by atoms with Crippen LogP contribution < -0.4 is 15.6 Å². The van der Waals surface area contributed by atoms with Gasteiger partial charge < -0.3 is 9.15 Å². The topological polar surface area (TPSA) is 80.6 Å². The molecule has 2 N–H and O–H groups in total. The summed E-state index contributed by atoms with van der Waals surface area (Å²) in [6, 6.07) is 16.5. The first kappa shape index (κ1) is 17.0. The SMILES string of the molecule is C[C@H](Oc1ccc2ccccc2c1)C(=O)NNC(=O)c1ccc(Br)o1. The fourth-order valence-electron chi connectivity index (χ4n) is 2.22. The first-order valence-corrected chi connectivity index (χ1v) is 8.33. The maximum absolute atomic E-state index is 12.1. The maximum atomic E-state index is 12.1. The van der Waals surface area contributed by atoms with Crippen LogP contribution in [0.1, 0.15) is 17.5 Å². The van der Waals surface area contributed by atoms with E-state index in [2.05, 4.69) is 26.8 Å². The average Bonchev–Trinajstić information content (AvgIpc) is 3.05. The number of ether oxygens (including phenoxy) is 1. The minimum absolute atomic E-state index is 0.0790. The molecule has 3 rings (SSSR count). The Morgan fingerprint density at radius 1 is 1.04 bits per heavy atom. The molecule has 1 heterocycles.